The predicted octanol–water partition coefficient (Wildman–Crippen LogP) is 3.18. The standard InChI is InChI=1S/C15H20ClNO3S/c1-10(2)17(9-12-5-6-12)15(18)13-8-11(3)4-7-14(13)21(16,19)20/h4,7-8,10,12H,5-6,9H2,1-3H3. The average Bonchev–Trinajstić information content (AvgIpc) is 3.17. The van der Waals surface area contributed by atoms with Crippen molar-refractivity contribution in [3.8, 4) is 0 Å². The number of amides is 1. The van der Waals surface area contributed by atoms with Crippen LogP contribution in [0.5, 0.6) is 0 Å². The number of benzene rings is 1. The Morgan fingerprint density at radius 1 is 1.38 bits per heavy atom. The fourth-order valence-electron chi connectivity index (χ4n) is 2.29. The van der Waals surface area contributed by atoms with Gasteiger partial charge in [0.15, 0.2) is 0 Å². The van der Waals surface area contributed by atoms with E-state index < -0.39 is 9.05 Å². The van der Waals surface area contributed by atoms with E-state index in [-0.39, 0.29) is 22.4 Å². The van der Waals surface area contributed by atoms with Crippen molar-refractivity contribution in [2.45, 2.75) is 44.6 Å². The highest BCUT2D eigenvalue weighted by Crippen LogP contribution is 2.31. The van der Waals surface area contributed by atoms with Crippen molar-refractivity contribution in [1.82, 2.24) is 4.90 Å². The number of nitrogens with zero attached hydrogens (tertiary/aromatic N) is 1. The van der Waals surface area contributed by atoms with Crippen molar-refractivity contribution in [2.75, 3.05) is 6.54 Å². The van der Waals surface area contributed by atoms with Gasteiger partial charge in [-0.05, 0) is 51.7 Å². The minimum atomic E-state index is -3.94. The number of carbonyl (C=O) groups excluding carboxylic acids is 1. The maximum atomic E-state index is 12.8. The second kappa shape index (κ2) is 5.97. The summed E-state index contributed by atoms with van der Waals surface area (Å²) < 4.78 is 23.4. The van der Waals surface area contributed by atoms with Crippen molar-refractivity contribution >= 4 is 25.6 Å². The molecule has 0 N–H and O–H groups in total. The van der Waals surface area contributed by atoms with Crippen LogP contribution in [0.2, 0.25) is 0 Å². The normalized spacial score (nSPS) is 15.3. The maximum Gasteiger partial charge on any atom is 0.262 e. The molecule has 1 amide bonds. The summed E-state index contributed by atoms with van der Waals surface area (Å²) in [4.78, 5) is 14.4. The molecule has 0 atom stereocenters. The molecule has 0 bridgehead atoms. The molecule has 0 unspecified atom stereocenters. The van der Waals surface area contributed by atoms with E-state index in [1.165, 1.54) is 6.07 Å². The summed E-state index contributed by atoms with van der Waals surface area (Å²) in [7, 11) is 1.52. The number of aryl methyl sites for hydroxylation is 1. The summed E-state index contributed by atoms with van der Waals surface area (Å²) in [6.07, 6.45) is 2.26. The number of carbonyl (C=O) groups is 1. The van der Waals surface area contributed by atoms with Crippen molar-refractivity contribution in [3.05, 3.63) is 29.3 Å². The SMILES string of the molecule is Cc1ccc(S(=O)(=O)Cl)c(C(=O)N(CC2CC2)C(C)C)c1. The summed E-state index contributed by atoms with van der Waals surface area (Å²) in [5.41, 5.74) is 0.997. The van der Waals surface area contributed by atoms with E-state index in [2.05, 4.69) is 0 Å². The Kier molecular flexibility index (Phi) is 4.63. The Balaban J connectivity index is 2.42. The van der Waals surface area contributed by atoms with E-state index in [1.807, 2.05) is 20.8 Å². The lowest BCUT2D eigenvalue weighted by molar-refractivity contribution is 0.0692. The first-order valence-corrected chi connectivity index (χ1v) is 9.37. The van der Waals surface area contributed by atoms with Gasteiger partial charge in [0.2, 0.25) is 0 Å². The molecule has 0 aromatic heterocycles. The van der Waals surface area contributed by atoms with Gasteiger partial charge < -0.3 is 4.90 Å². The van der Waals surface area contributed by atoms with E-state index in [0.717, 1.165) is 18.4 Å². The van der Waals surface area contributed by atoms with Crippen LogP contribution in [0.25, 0.3) is 0 Å². The van der Waals surface area contributed by atoms with Gasteiger partial charge in [-0.15, -0.1) is 0 Å². The zero-order valence-corrected chi connectivity index (χ0v) is 14.0. The Morgan fingerprint density at radius 2 is 2.00 bits per heavy atom. The molecule has 0 radical (unpaired) electrons. The van der Waals surface area contributed by atoms with E-state index in [0.29, 0.717) is 12.5 Å². The minimum Gasteiger partial charge on any atom is -0.336 e. The fraction of sp³-hybridized carbons (Fsp3) is 0.533. The number of hydrogen-bond donors (Lipinski definition) is 0. The van der Waals surface area contributed by atoms with Crippen molar-refractivity contribution < 1.29 is 13.2 Å². The zero-order valence-electron chi connectivity index (χ0n) is 12.5. The van der Waals surface area contributed by atoms with Gasteiger partial charge in [-0.3, -0.25) is 4.79 Å². The van der Waals surface area contributed by atoms with Crippen LogP contribution in [0.3, 0.4) is 0 Å². The Morgan fingerprint density at radius 3 is 2.48 bits per heavy atom. The molecule has 6 heteroatoms. The quantitative estimate of drug-likeness (QED) is 0.780. The highest BCUT2D eigenvalue weighted by atomic mass is 35.7. The van der Waals surface area contributed by atoms with E-state index in [1.54, 1.807) is 17.0 Å². The van der Waals surface area contributed by atoms with Crippen LogP contribution >= 0.6 is 10.7 Å². The molecule has 21 heavy (non-hydrogen) atoms. The first kappa shape index (κ1) is 16.3. The molecule has 1 aromatic rings. The second-order valence-electron chi connectivity index (χ2n) is 5.93. The van der Waals surface area contributed by atoms with Gasteiger partial charge in [0.1, 0.15) is 0 Å². The Labute approximate surface area is 130 Å². The summed E-state index contributed by atoms with van der Waals surface area (Å²) in [6.45, 7) is 6.37. The first-order chi connectivity index (χ1) is 9.70. The lowest BCUT2D eigenvalue weighted by Gasteiger charge is -2.27. The summed E-state index contributed by atoms with van der Waals surface area (Å²) in [6, 6.07) is 4.66. The van der Waals surface area contributed by atoms with Gasteiger partial charge in [0.05, 0.1) is 10.5 Å². The molecular formula is C15H20ClNO3S. The average molecular weight is 330 g/mol. The molecule has 1 fully saturated rings. The van der Waals surface area contributed by atoms with Gasteiger partial charge in [-0.2, -0.15) is 0 Å². The predicted molar refractivity (Wildman–Crippen MR) is 83.1 cm³/mol. The van der Waals surface area contributed by atoms with Crippen molar-refractivity contribution in [3.63, 3.8) is 0 Å². The molecule has 1 aliphatic carbocycles. The molecule has 116 valence electrons. The van der Waals surface area contributed by atoms with E-state index >= 15 is 0 Å². The molecule has 4 nitrogen and oxygen atoms in total. The van der Waals surface area contributed by atoms with Crippen LogP contribution < -0.4 is 0 Å². The molecule has 1 saturated carbocycles. The third-order valence-electron chi connectivity index (χ3n) is 3.66. The maximum absolute atomic E-state index is 12.8. The van der Waals surface area contributed by atoms with Crippen molar-refractivity contribution in [2.24, 2.45) is 5.92 Å². The molecule has 0 aliphatic heterocycles. The third kappa shape index (κ3) is 3.98. The lowest BCUT2D eigenvalue weighted by atomic mass is 10.1. The highest BCUT2D eigenvalue weighted by molar-refractivity contribution is 8.13. The Hall–Kier alpha value is -1.07. The number of hydrogen-bond acceptors (Lipinski definition) is 3. The topological polar surface area (TPSA) is 54.5 Å². The fourth-order valence-corrected chi connectivity index (χ4v) is 3.33. The molecule has 2 rings (SSSR count). The van der Waals surface area contributed by atoms with Gasteiger partial charge >= 0.3 is 0 Å². The molecule has 0 spiro atoms. The zero-order chi connectivity index (χ0) is 15.8. The van der Waals surface area contributed by atoms with Gasteiger partial charge in [0, 0.05) is 23.3 Å². The first-order valence-electron chi connectivity index (χ1n) is 7.06. The third-order valence-corrected chi connectivity index (χ3v) is 5.04. The van der Waals surface area contributed by atoms with Crippen molar-refractivity contribution in [1.29, 1.82) is 0 Å². The molecule has 0 saturated heterocycles. The van der Waals surface area contributed by atoms with Crippen LogP contribution in [0, 0.1) is 12.8 Å². The highest BCUT2D eigenvalue weighted by Gasteiger charge is 2.31. The van der Waals surface area contributed by atoms with Crippen LogP contribution in [-0.2, 0) is 9.05 Å². The Bertz CT molecular complexity index is 651. The minimum absolute atomic E-state index is 0.0180. The number of halogens is 1. The summed E-state index contributed by atoms with van der Waals surface area (Å²) in [5, 5.41) is 0. The lowest BCUT2D eigenvalue weighted by Crippen LogP contribution is -2.39. The van der Waals surface area contributed by atoms with Gasteiger partial charge in [-0.25, -0.2) is 8.42 Å². The van der Waals surface area contributed by atoms with Gasteiger partial charge in [0.25, 0.3) is 15.0 Å². The largest absolute Gasteiger partial charge is 0.336 e. The van der Waals surface area contributed by atoms with Crippen LogP contribution in [-0.4, -0.2) is 31.8 Å². The van der Waals surface area contributed by atoms with E-state index in [4.69, 9.17) is 10.7 Å². The van der Waals surface area contributed by atoms with Crippen LogP contribution in [0.15, 0.2) is 23.1 Å². The molecule has 1 aromatic carbocycles. The number of rotatable bonds is 5. The smallest absolute Gasteiger partial charge is 0.262 e. The monoisotopic (exact) mass is 329 g/mol. The second-order valence-corrected chi connectivity index (χ2v) is 8.47. The summed E-state index contributed by atoms with van der Waals surface area (Å²) >= 11 is 0. The van der Waals surface area contributed by atoms with E-state index in [9.17, 15) is 13.2 Å². The molecule has 1 aliphatic rings. The van der Waals surface area contributed by atoms with Crippen LogP contribution in [0.4, 0.5) is 0 Å². The van der Waals surface area contributed by atoms with Crippen LogP contribution in [0.1, 0.15) is 42.6 Å². The molecular weight excluding hydrogens is 310 g/mol. The summed E-state index contributed by atoms with van der Waals surface area (Å²) in [5.74, 6) is 0.275. The van der Waals surface area contributed by atoms with Gasteiger partial charge in [-0.1, -0.05) is 11.6 Å². The molecule has 0 heterocycles.